The van der Waals surface area contributed by atoms with Gasteiger partial charge in [0.2, 0.25) is 11.8 Å². The number of likely N-dealkylation sites (tertiary alicyclic amines) is 1. The molecule has 0 spiro atoms. The number of rotatable bonds is 4. The van der Waals surface area contributed by atoms with Crippen molar-refractivity contribution in [2.45, 2.75) is 12.8 Å². The van der Waals surface area contributed by atoms with Crippen LogP contribution in [-0.2, 0) is 9.59 Å². The van der Waals surface area contributed by atoms with Crippen LogP contribution in [0.15, 0.2) is 36.4 Å². The van der Waals surface area contributed by atoms with Crippen LogP contribution in [0.25, 0.3) is 0 Å². The van der Waals surface area contributed by atoms with Gasteiger partial charge in [0.05, 0.1) is 50.8 Å². The Kier molecular flexibility index (Phi) is 4.68. The van der Waals surface area contributed by atoms with Crippen LogP contribution in [0.1, 0.15) is 12.8 Å². The lowest BCUT2D eigenvalue weighted by molar-refractivity contribution is -0.908. The summed E-state index contributed by atoms with van der Waals surface area (Å²) in [6, 6.07) is 8.05. The minimum absolute atomic E-state index is 0.0315. The Morgan fingerprint density at radius 3 is 2.27 bits per heavy atom. The molecule has 0 unspecified atom stereocenters. The Morgan fingerprint density at radius 1 is 1.04 bits per heavy atom. The van der Waals surface area contributed by atoms with Gasteiger partial charge in [-0.3, -0.25) is 9.59 Å². The van der Waals surface area contributed by atoms with Gasteiger partial charge in [-0.05, 0) is 25.0 Å². The number of amides is 2. The second-order valence-electron chi connectivity index (χ2n) is 7.33. The molecule has 2 atom stereocenters. The molecule has 138 valence electrons. The van der Waals surface area contributed by atoms with Crippen LogP contribution in [0.4, 0.5) is 5.69 Å². The van der Waals surface area contributed by atoms with Crippen molar-refractivity contribution in [1.82, 2.24) is 4.90 Å². The van der Waals surface area contributed by atoms with E-state index in [4.69, 9.17) is 4.74 Å². The van der Waals surface area contributed by atoms with E-state index in [-0.39, 0.29) is 23.7 Å². The van der Waals surface area contributed by atoms with Gasteiger partial charge in [-0.2, -0.15) is 0 Å². The van der Waals surface area contributed by atoms with Crippen molar-refractivity contribution < 1.29 is 19.2 Å². The van der Waals surface area contributed by atoms with Crippen molar-refractivity contribution >= 4 is 17.5 Å². The van der Waals surface area contributed by atoms with E-state index in [2.05, 4.69) is 11.0 Å². The zero-order valence-electron chi connectivity index (χ0n) is 15.2. The molecule has 0 aromatic heterocycles. The summed E-state index contributed by atoms with van der Waals surface area (Å²) in [5.41, 5.74) is 1.11. The highest BCUT2D eigenvalue weighted by atomic mass is 16.5. The number of fused-ring (bicyclic) bond motifs is 1. The summed E-state index contributed by atoms with van der Waals surface area (Å²) in [6.45, 7) is 4.09. The average molecular weight is 356 g/mol. The molecule has 6 heteroatoms. The van der Waals surface area contributed by atoms with Gasteiger partial charge in [-0.25, -0.2) is 4.90 Å². The molecule has 0 saturated carbocycles. The number of nitrogens with one attached hydrogen (secondary N) is 1. The molecular formula is C20H26N3O3+. The van der Waals surface area contributed by atoms with Gasteiger partial charge in [0, 0.05) is 0 Å². The molecule has 2 saturated heterocycles. The van der Waals surface area contributed by atoms with Crippen LogP contribution >= 0.6 is 0 Å². The first-order chi connectivity index (χ1) is 12.7. The molecule has 1 aliphatic carbocycles. The Hall–Kier alpha value is -2.34. The first-order valence-electron chi connectivity index (χ1n) is 9.41. The number of quaternary nitrogens is 1. The van der Waals surface area contributed by atoms with E-state index in [1.165, 1.54) is 9.80 Å². The molecule has 2 aliphatic heterocycles. The van der Waals surface area contributed by atoms with Crippen LogP contribution < -0.4 is 14.5 Å². The number of carbonyl (C=O) groups is 2. The molecule has 0 radical (unpaired) electrons. The highest BCUT2D eigenvalue weighted by Crippen LogP contribution is 2.34. The molecule has 2 fully saturated rings. The van der Waals surface area contributed by atoms with Gasteiger partial charge in [-0.15, -0.1) is 0 Å². The van der Waals surface area contributed by atoms with Crippen LogP contribution in [-0.4, -0.2) is 56.7 Å². The molecule has 1 N–H and O–H groups in total. The van der Waals surface area contributed by atoms with E-state index in [1.54, 1.807) is 7.11 Å². The maximum atomic E-state index is 12.6. The van der Waals surface area contributed by atoms with Crippen molar-refractivity contribution in [3.05, 3.63) is 36.4 Å². The van der Waals surface area contributed by atoms with Crippen LogP contribution in [0.2, 0.25) is 0 Å². The summed E-state index contributed by atoms with van der Waals surface area (Å²) in [7, 11) is 1.69. The third-order valence-electron chi connectivity index (χ3n) is 5.88. The quantitative estimate of drug-likeness (QED) is 0.623. The number of para-hydroxylation sites is 2. The molecule has 3 aliphatic rings. The summed E-state index contributed by atoms with van der Waals surface area (Å²) in [5.74, 6) is 0.703. The first-order valence-corrected chi connectivity index (χ1v) is 9.41. The van der Waals surface area contributed by atoms with Crippen molar-refractivity contribution in [3.63, 3.8) is 0 Å². The minimum atomic E-state index is -0.123. The van der Waals surface area contributed by atoms with Gasteiger partial charge in [0.25, 0.3) is 0 Å². The zero-order chi connectivity index (χ0) is 18.1. The van der Waals surface area contributed by atoms with E-state index in [1.807, 2.05) is 30.4 Å². The Balaban J connectivity index is 1.37. The van der Waals surface area contributed by atoms with Crippen molar-refractivity contribution in [1.29, 1.82) is 0 Å². The number of anilines is 1. The van der Waals surface area contributed by atoms with Gasteiger partial charge < -0.3 is 14.5 Å². The van der Waals surface area contributed by atoms with Crippen molar-refractivity contribution in [2.75, 3.05) is 44.9 Å². The van der Waals surface area contributed by atoms with Gasteiger partial charge >= 0.3 is 0 Å². The number of methoxy groups -OCH3 is 1. The maximum Gasteiger partial charge on any atom is 0.237 e. The summed E-state index contributed by atoms with van der Waals surface area (Å²) in [4.78, 5) is 30.4. The number of piperazine rings is 1. The summed E-state index contributed by atoms with van der Waals surface area (Å²) >= 11 is 0. The predicted octanol–water partition coefficient (Wildman–Crippen LogP) is 0.309. The second-order valence-corrected chi connectivity index (χ2v) is 7.33. The highest BCUT2D eigenvalue weighted by Gasteiger charge is 2.48. The lowest BCUT2D eigenvalue weighted by Gasteiger charge is -2.35. The number of hydrogen-bond donors (Lipinski definition) is 1. The van der Waals surface area contributed by atoms with Gasteiger partial charge in [-0.1, -0.05) is 24.3 Å². The third kappa shape index (κ3) is 2.98. The second kappa shape index (κ2) is 7.11. The predicted molar refractivity (Wildman–Crippen MR) is 98.0 cm³/mol. The standard InChI is InChI=1S/C20H25N3O3/c1-26-18-9-5-4-8-17(18)22-12-10-21(11-13-22)14-23-19(24)15-6-2-3-7-16(15)20(23)25/h2-5,8-9,15-16H,6-7,10-14H2,1H3/p+1/t15-,16-/m0/s1. The Morgan fingerprint density at radius 2 is 1.65 bits per heavy atom. The summed E-state index contributed by atoms with van der Waals surface area (Å²) in [6.07, 6.45) is 5.49. The SMILES string of the molecule is COc1ccccc1N1CC[NH+](CN2C(=O)[C@H]3CC=CC[C@@H]3C2=O)CC1. The monoisotopic (exact) mass is 356 g/mol. The third-order valence-corrected chi connectivity index (χ3v) is 5.88. The molecule has 2 heterocycles. The lowest BCUT2D eigenvalue weighted by Crippen LogP contribution is -3.16. The fourth-order valence-electron chi connectivity index (χ4n) is 4.36. The number of benzene rings is 1. The fraction of sp³-hybridized carbons (Fsp3) is 0.500. The normalized spacial score (nSPS) is 26.3. The lowest BCUT2D eigenvalue weighted by atomic mass is 9.85. The maximum absolute atomic E-state index is 12.6. The van der Waals surface area contributed by atoms with Crippen molar-refractivity contribution in [2.24, 2.45) is 11.8 Å². The van der Waals surface area contributed by atoms with E-state index in [9.17, 15) is 9.59 Å². The number of imide groups is 1. The molecule has 26 heavy (non-hydrogen) atoms. The van der Waals surface area contributed by atoms with E-state index < -0.39 is 0 Å². The van der Waals surface area contributed by atoms with Gasteiger partial charge in [0.15, 0.2) is 6.67 Å². The average Bonchev–Trinajstić information content (AvgIpc) is 2.94. The van der Waals surface area contributed by atoms with Crippen LogP contribution in [0.5, 0.6) is 5.75 Å². The summed E-state index contributed by atoms with van der Waals surface area (Å²) < 4.78 is 5.46. The number of ether oxygens (including phenoxy) is 1. The summed E-state index contributed by atoms with van der Waals surface area (Å²) in [5, 5.41) is 0. The Bertz CT molecular complexity index is 699. The molecule has 0 bridgehead atoms. The molecule has 6 nitrogen and oxygen atoms in total. The number of carbonyl (C=O) groups excluding carboxylic acids is 2. The largest absolute Gasteiger partial charge is 0.495 e. The van der Waals surface area contributed by atoms with Crippen molar-refractivity contribution in [3.8, 4) is 5.75 Å². The smallest absolute Gasteiger partial charge is 0.237 e. The molecular weight excluding hydrogens is 330 g/mol. The molecule has 1 aromatic carbocycles. The minimum Gasteiger partial charge on any atom is -0.495 e. The fourth-order valence-corrected chi connectivity index (χ4v) is 4.36. The molecule has 2 amide bonds. The molecule has 4 rings (SSSR count). The topological polar surface area (TPSA) is 54.3 Å². The van der Waals surface area contributed by atoms with Gasteiger partial charge in [0.1, 0.15) is 5.75 Å². The molecule has 1 aromatic rings. The number of hydrogen-bond acceptors (Lipinski definition) is 4. The van der Waals surface area contributed by atoms with E-state index >= 15 is 0 Å². The van der Waals surface area contributed by atoms with E-state index in [0.717, 1.165) is 37.6 Å². The Labute approximate surface area is 154 Å². The number of allylic oxidation sites excluding steroid dienone is 2. The zero-order valence-corrected chi connectivity index (χ0v) is 15.2. The van der Waals surface area contributed by atoms with Crippen LogP contribution in [0.3, 0.4) is 0 Å². The van der Waals surface area contributed by atoms with Crippen LogP contribution in [0, 0.1) is 11.8 Å². The van der Waals surface area contributed by atoms with E-state index in [0.29, 0.717) is 19.5 Å². The first kappa shape index (κ1) is 17.1. The number of nitrogens with zero attached hydrogens (tertiary/aromatic N) is 2. The highest BCUT2D eigenvalue weighted by molar-refractivity contribution is 6.05.